The Hall–Kier alpha value is -1.66. The van der Waals surface area contributed by atoms with Crippen LogP contribution in [0.3, 0.4) is 0 Å². The van der Waals surface area contributed by atoms with Gasteiger partial charge in [0.1, 0.15) is 0 Å². The molecule has 2 saturated heterocycles. The minimum absolute atomic E-state index is 0.00839. The third-order valence-corrected chi connectivity index (χ3v) is 7.28. The molecule has 2 heterocycles. The molecule has 2 N–H and O–H groups in total. The summed E-state index contributed by atoms with van der Waals surface area (Å²) in [6, 6.07) is 0. The van der Waals surface area contributed by atoms with Crippen LogP contribution < -0.4 is 10.6 Å². The molecule has 0 aromatic rings. The first-order chi connectivity index (χ1) is 18.1. The first-order valence-corrected chi connectivity index (χ1v) is 15.3. The van der Waals surface area contributed by atoms with Crippen molar-refractivity contribution < 1.29 is 19.1 Å². The molecule has 37 heavy (non-hydrogen) atoms. The Morgan fingerprint density at radius 1 is 0.622 bits per heavy atom. The van der Waals surface area contributed by atoms with Crippen LogP contribution >= 0.6 is 0 Å². The van der Waals surface area contributed by atoms with E-state index in [1.54, 1.807) is 0 Å². The quantitative estimate of drug-likeness (QED) is 0.0631. The predicted molar refractivity (Wildman–Crippen MR) is 151 cm³/mol. The molecule has 0 saturated carbocycles. The normalized spacial score (nSPS) is 22.5. The first kappa shape index (κ1) is 31.6. The van der Waals surface area contributed by atoms with Crippen LogP contribution in [0.5, 0.6) is 0 Å². The summed E-state index contributed by atoms with van der Waals surface area (Å²) in [5.41, 5.74) is 0. The van der Waals surface area contributed by atoms with Gasteiger partial charge in [-0.15, -0.1) is 0 Å². The van der Waals surface area contributed by atoms with E-state index >= 15 is 0 Å². The molecule has 2 aliphatic rings. The fraction of sp³-hybridized carbons (Fsp3) is 0.806. The Morgan fingerprint density at radius 2 is 1.19 bits per heavy atom. The van der Waals surface area contributed by atoms with Gasteiger partial charge < -0.3 is 20.1 Å². The van der Waals surface area contributed by atoms with Gasteiger partial charge in [-0.25, -0.2) is 0 Å². The average molecular weight is 519 g/mol. The number of carbonyl (C=O) groups is 2. The molecule has 0 aromatic carbocycles. The molecule has 0 spiro atoms. The van der Waals surface area contributed by atoms with Crippen molar-refractivity contribution in [1.82, 2.24) is 10.6 Å². The number of epoxide rings is 2. The van der Waals surface area contributed by atoms with Crippen molar-refractivity contribution in [1.29, 1.82) is 0 Å². The topological polar surface area (TPSA) is 83.3 Å². The lowest BCUT2D eigenvalue weighted by molar-refractivity contribution is -0.122. The van der Waals surface area contributed by atoms with Crippen molar-refractivity contribution in [2.75, 3.05) is 6.67 Å². The number of hydrogen-bond acceptors (Lipinski definition) is 4. The molecule has 6 nitrogen and oxygen atoms in total. The molecule has 0 aliphatic carbocycles. The van der Waals surface area contributed by atoms with E-state index in [0.29, 0.717) is 37.3 Å². The van der Waals surface area contributed by atoms with Crippen LogP contribution in [0.2, 0.25) is 0 Å². The molecular weight excluding hydrogens is 464 g/mol. The van der Waals surface area contributed by atoms with Crippen molar-refractivity contribution in [2.45, 2.75) is 154 Å². The fourth-order valence-electron chi connectivity index (χ4n) is 4.72. The second-order valence-electron chi connectivity index (χ2n) is 10.7. The van der Waals surface area contributed by atoms with Crippen LogP contribution in [0, 0.1) is 0 Å². The smallest absolute Gasteiger partial charge is 0.225 e. The van der Waals surface area contributed by atoms with Gasteiger partial charge in [-0.1, -0.05) is 95.9 Å². The Kier molecular flexibility index (Phi) is 17.3. The third kappa shape index (κ3) is 16.7. The number of carbonyl (C=O) groups excluding carboxylic acids is 2. The lowest BCUT2D eigenvalue weighted by atomic mass is 10.1. The van der Waals surface area contributed by atoms with Crippen molar-refractivity contribution in [3.63, 3.8) is 0 Å². The van der Waals surface area contributed by atoms with Crippen molar-refractivity contribution in [2.24, 2.45) is 0 Å². The minimum atomic E-state index is -0.0711. The monoisotopic (exact) mass is 518 g/mol. The summed E-state index contributed by atoms with van der Waals surface area (Å²) in [7, 11) is 0. The van der Waals surface area contributed by atoms with Crippen LogP contribution in [-0.4, -0.2) is 42.9 Å². The van der Waals surface area contributed by atoms with Gasteiger partial charge in [0.15, 0.2) is 0 Å². The van der Waals surface area contributed by atoms with E-state index in [0.717, 1.165) is 38.5 Å². The summed E-state index contributed by atoms with van der Waals surface area (Å²) in [4.78, 5) is 23.8. The number of amides is 2. The Morgan fingerprint density at radius 3 is 1.84 bits per heavy atom. The molecule has 2 amide bonds. The third-order valence-electron chi connectivity index (χ3n) is 7.28. The van der Waals surface area contributed by atoms with Gasteiger partial charge in [0.2, 0.25) is 11.8 Å². The predicted octanol–water partition coefficient (Wildman–Crippen LogP) is 6.89. The zero-order chi connectivity index (χ0) is 26.6. The van der Waals surface area contributed by atoms with Gasteiger partial charge in [-0.2, -0.15) is 0 Å². The zero-order valence-corrected chi connectivity index (χ0v) is 23.7. The summed E-state index contributed by atoms with van der Waals surface area (Å²) >= 11 is 0. The molecule has 0 aromatic heterocycles. The molecule has 0 radical (unpaired) electrons. The minimum Gasteiger partial charge on any atom is -0.369 e. The fourth-order valence-corrected chi connectivity index (χ4v) is 4.72. The highest BCUT2D eigenvalue weighted by molar-refractivity contribution is 5.79. The molecule has 212 valence electrons. The van der Waals surface area contributed by atoms with Gasteiger partial charge in [0.25, 0.3) is 0 Å². The molecule has 4 atom stereocenters. The van der Waals surface area contributed by atoms with Gasteiger partial charge in [0, 0.05) is 12.8 Å². The van der Waals surface area contributed by atoms with E-state index < -0.39 is 0 Å². The van der Waals surface area contributed by atoms with Gasteiger partial charge in [-0.05, 0) is 44.9 Å². The molecule has 6 heteroatoms. The van der Waals surface area contributed by atoms with E-state index in [1.165, 1.54) is 64.2 Å². The Balaban J connectivity index is 1.30. The highest BCUT2D eigenvalue weighted by Crippen LogP contribution is 2.31. The maximum Gasteiger partial charge on any atom is 0.225 e. The summed E-state index contributed by atoms with van der Waals surface area (Å²) in [5.74, 6) is -0.0627. The van der Waals surface area contributed by atoms with Crippen molar-refractivity contribution in [3.8, 4) is 0 Å². The van der Waals surface area contributed by atoms with E-state index in [9.17, 15) is 9.59 Å². The van der Waals surface area contributed by atoms with E-state index in [2.05, 4.69) is 36.6 Å². The number of nitrogens with one attached hydrogen (secondary N) is 2. The van der Waals surface area contributed by atoms with Crippen LogP contribution in [0.15, 0.2) is 24.3 Å². The number of hydrogen-bond donors (Lipinski definition) is 2. The van der Waals surface area contributed by atoms with Crippen molar-refractivity contribution in [3.05, 3.63) is 24.3 Å². The number of ether oxygens (including phenoxy) is 2. The lowest BCUT2D eigenvalue weighted by Gasteiger charge is -2.06. The lowest BCUT2D eigenvalue weighted by Crippen LogP contribution is -2.36. The van der Waals surface area contributed by atoms with Crippen LogP contribution in [0.4, 0.5) is 0 Å². The van der Waals surface area contributed by atoms with Crippen LogP contribution in [-0.2, 0) is 19.1 Å². The molecule has 0 bridgehead atoms. The zero-order valence-electron chi connectivity index (χ0n) is 23.7. The highest BCUT2D eigenvalue weighted by atomic mass is 16.6. The highest BCUT2D eigenvalue weighted by Gasteiger charge is 2.37. The van der Waals surface area contributed by atoms with E-state index in [4.69, 9.17) is 9.47 Å². The average Bonchev–Trinajstić information content (AvgIpc) is 3.81. The van der Waals surface area contributed by atoms with Crippen molar-refractivity contribution >= 4 is 11.8 Å². The van der Waals surface area contributed by atoms with Crippen LogP contribution in [0.1, 0.15) is 129 Å². The Labute approximate surface area is 226 Å². The second kappa shape index (κ2) is 20.3. The van der Waals surface area contributed by atoms with Gasteiger partial charge >= 0.3 is 0 Å². The summed E-state index contributed by atoms with van der Waals surface area (Å²) < 4.78 is 11.4. The first-order valence-electron chi connectivity index (χ1n) is 15.3. The second-order valence-corrected chi connectivity index (χ2v) is 10.7. The maximum atomic E-state index is 11.9. The number of allylic oxidation sites excluding steroid dienone is 1. The molecule has 4 unspecified atom stereocenters. The molecular formula is C31H54N2O4. The summed E-state index contributed by atoms with van der Waals surface area (Å²) in [6.07, 6.45) is 29.8. The van der Waals surface area contributed by atoms with Crippen LogP contribution in [0.25, 0.3) is 0 Å². The Bertz CT molecular complexity index is 678. The summed E-state index contributed by atoms with van der Waals surface area (Å²) in [5, 5.41) is 5.54. The molecule has 2 aliphatic heterocycles. The summed E-state index contributed by atoms with van der Waals surface area (Å²) in [6.45, 7) is 4.65. The van der Waals surface area contributed by atoms with Gasteiger partial charge in [0.05, 0.1) is 31.1 Å². The largest absolute Gasteiger partial charge is 0.369 e. The van der Waals surface area contributed by atoms with Gasteiger partial charge in [-0.3, -0.25) is 9.59 Å². The SMILES string of the molecule is CCCCCC1OC1CC=CCCCCCCCC(=O)NCNC(=O)CC=CCC1OC1CCCCC. The van der Waals surface area contributed by atoms with E-state index in [-0.39, 0.29) is 18.5 Å². The molecule has 2 fully saturated rings. The number of unbranched alkanes of at least 4 members (excludes halogenated alkanes) is 9. The molecule has 2 rings (SSSR count). The maximum absolute atomic E-state index is 11.9. The standard InChI is InChI=1S/C31H54N2O4/c1-3-5-13-19-26-28(36-26)21-15-11-9-7-8-10-12-16-23-30(34)32-25-33-31(35)24-18-17-22-29-27(37-29)20-14-6-4-2/h11,15,17-18,26-29H,3-10,12-14,16,19-25H2,1-2H3,(H,32,34)(H,33,35). The number of rotatable bonds is 24. The van der Waals surface area contributed by atoms with E-state index in [1.807, 2.05) is 12.2 Å².